The molecule has 1 aliphatic heterocycles. The minimum atomic E-state index is 0.777. The topological polar surface area (TPSA) is 12.0 Å². The monoisotopic (exact) mass is 271 g/mol. The Balaban J connectivity index is 2.41. The summed E-state index contributed by atoms with van der Waals surface area (Å²) < 4.78 is 0. The van der Waals surface area contributed by atoms with Crippen molar-refractivity contribution >= 4 is 11.8 Å². The maximum absolute atomic E-state index is 3.83. The lowest BCUT2D eigenvalue weighted by Crippen LogP contribution is -2.39. The smallest absolute Gasteiger partial charge is 0.0201 e. The van der Waals surface area contributed by atoms with E-state index >= 15 is 0 Å². The third kappa shape index (κ3) is 5.97. The Morgan fingerprint density at radius 2 is 2.06 bits per heavy atom. The van der Waals surface area contributed by atoms with Crippen LogP contribution in [-0.4, -0.2) is 23.6 Å². The molecule has 3 atom stereocenters. The summed E-state index contributed by atoms with van der Waals surface area (Å²) in [6.45, 7) is 8.16. The third-order valence-electron chi connectivity index (χ3n) is 4.20. The Morgan fingerprint density at radius 3 is 2.61 bits per heavy atom. The van der Waals surface area contributed by atoms with Gasteiger partial charge in [-0.25, -0.2) is 0 Å². The van der Waals surface area contributed by atoms with Crippen LogP contribution in [-0.2, 0) is 0 Å². The molecule has 0 bridgehead atoms. The van der Waals surface area contributed by atoms with E-state index in [4.69, 9.17) is 0 Å². The quantitative estimate of drug-likeness (QED) is 0.609. The molecule has 0 aromatic carbocycles. The van der Waals surface area contributed by atoms with Crippen LogP contribution in [0.1, 0.15) is 72.1 Å². The maximum atomic E-state index is 3.83. The summed E-state index contributed by atoms with van der Waals surface area (Å²) in [4.78, 5) is 0. The molecule has 0 radical (unpaired) electrons. The van der Waals surface area contributed by atoms with Crippen molar-refractivity contribution in [3.05, 3.63) is 0 Å². The van der Waals surface area contributed by atoms with Crippen molar-refractivity contribution in [1.29, 1.82) is 0 Å². The van der Waals surface area contributed by atoms with E-state index in [0.717, 1.165) is 17.2 Å². The molecule has 1 fully saturated rings. The molecule has 0 amide bonds. The summed E-state index contributed by atoms with van der Waals surface area (Å²) in [5.74, 6) is 2.33. The number of nitrogens with one attached hydrogen (secondary N) is 1. The van der Waals surface area contributed by atoms with Crippen LogP contribution in [0.4, 0.5) is 0 Å². The Bertz CT molecular complexity index is 190. The van der Waals surface area contributed by atoms with Crippen LogP contribution in [0.25, 0.3) is 0 Å². The minimum Gasteiger partial charge on any atom is -0.313 e. The van der Waals surface area contributed by atoms with Gasteiger partial charge in [0.05, 0.1) is 0 Å². The second-order valence-corrected chi connectivity index (χ2v) is 7.11. The van der Waals surface area contributed by atoms with E-state index in [-0.39, 0.29) is 0 Å². The Hall–Kier alpha value is 0.310. The van der Waals surface area contributed by atoms with Gasteiger partial charge in [0.1, 0.15) is 0 Å². The van der Waals surface area contributed by atoms with E-state index in [2.05, 4.69) is 37.8 Å². The summed E-state index contributed by atoms with van der Waals surface area (Å²) in [5.41, 5.74) is 0. The molecular weight excluding hydrogens is 238 g/mol. The van der Waals surface area contributed by atoms with Gasteiger partial charge in [-0.15, -0.1) is 0 Å². The molecule has 0 aliphatic carbocycles. The van der Waals surface area contributed by atoms with Gasteiger partial charge in [0.25, 0.3) is 0 Å². The summed E-state index contributed by atoms with van der Waals surface area (Å²) in [5, 5.41) is 4.73. The molecule has 108 valence electrons. The molecule has 2 heteroatoms. The van der Waals surface area contributed by atoms with Crippen molar-refractivity contribution in [1.82, 2.24) is 5.32 Å². The zero-order chi connectivity index (χ0) is 13.2. The Morgan fingerprint density at radius 1 is 1.22 bits per heavy atom. The molecule has 3 unspecified atom stereocenters. The van der Waals surface area contributed by atoms with Gasteiger partial charge in [0, 0.05) is 11.3 Å². The van der Waals surface area contributed by atoms with Crippen LogP contribution in [0, 0.1) is 5.92 Å². The van der Waals surface area contributed by atoms with Crippen LogP contribution in [0.5, 0.6) is 0 Å². The number of thioether (sulfide) groups is 1. The molecule has 0 aromatic rings. The SMILES string of the molecule is CCCCC(CC)CC(NCCC)C1CCCS1. The molecule has 0 spiro atoms. The maximum Gasteiger partial charge on any atom is 0.0201 e. The molecule has 1 N–H and O–H groups in total. The van der Waals surface area contributed by atoms with E-state index in [1.165, 1.54) is 63.7 Å². The van der Waals surface area contributed by atoms with Crippen LogP contribution in [0.15, 0.2) is 0 Å². The molecule has 1 nitrogen and oxygen atoms in total. The van der Waals surface area contributed by atoms with Gasteiger partial charge in [0.2, 0.25) is 0 Å². The highest BCUT2D eigenvalue weighted by Crippen LogP contribution is 2.32. The van der Waals surface area contributed by atoms with Gasteiger partial charge in [-0.1, -0.05) is 46.5 Å². The van der Waals surface area contributed by atoms with Gasteiger partial charge in [-0.3, -0.25) is 0 Å². The zero-order valence-electron chi connectivity index (χ0n) is 12.7. The van der Waals surface area contributed by atoms with Crippen LogP contribution >= 0.6 is 11.8 Å². The fourth-order valence-electron chi connectivity index (χ4n) is 2.96. The molecule has 1 aliphatic rings. The fraction of sp³-hybridized carbons (Fsp3) is 1.00. The van der Waals surface area contributed by atoms with Crippen molar-refractivity contribution < 1.29 is 0 Å². The van der Waals surface area contributed by atoms with Crippen molar-refractivity contribution in [2.45, 2.75) is 83.4 Å². The highest BCUT2D eigenvalue weighted by molar-refractivity contribution is 8.00. The standard InChI is InChI=1S/C16H33NS/c1-4-7-9-14(6-3)13-15(17-11-5-2)16-10-8-12-18-16/h14-17H,4-13H2,1-3H3. The summed E-state index contributed by atoms with van der Waals surface area (Å²) in [6.07, 6.45) is 11.1. The van der Waals surface area contributed by atoms with Gasteiger partial charge in [-0.2, -0.15) is 11.8 Å². The second kappa shape index (κ2) is 10.1. The number of hydrogen-bond donors (Lipinski definition) is 1. The van der Waals surface area contributed by atoms with Gasteiger partial charge in [-0.05, 0) is 43.9 Å². The first-order chi connectivity index (χ1) is 8.81. The first-order valence-electron chi connectivity index (χ1n) is 8.16. The summed E-state index contributed by atoms with van der Waals surface area (Å²) >= 11 is 2.21. The Labute approximate surface area is 119 Å². The van der Waals surface area contributed by atoms with E-state index in [0.29, 0.717) is 0 Å². The van der Waals surface area contributed by atoms with Gasteiger partial charge in [0.15, 0.2) is 0 Å². The van der Waals surface area contributed by atoms with E-state index < -0.39 is 0 Å². The molecule has 1 rings (SSSR count). The van der Waals surface area contributed by atoms with Crippen LogP contribution in [0.2, 0.25) is 0 Å². The molecular formula is C16H33NS. The minimum absolute atomic E-state index is 0.777. The number of rotatable bonds is 10. The van der Waals surface area contributed by atoms with Crippen molar-refractivity contribution in [3.8, 4) is 0 Å². The highest BCUT2D eigenvalue weighted by Gasteiger charge is 2.26. The van der Waals surface area contributed by atoms with E-state index in [1.54, 1.807) is 0 Å². The molecule has 1 heterocycles. The van der Waals surface area contributed by atoms with E-state index in [1.807, 2.05) is 0 Å². The van der Waals surface area contributed by atoms with Crippen molar-refractivity contribution in [2.24, 2.45) is 5.92 Å². The van der Waals surface area contributed by atoms with Crippen molar-refractivity contribution in [3.63, 3.8) is 0 Å². The van der Waals surface area contributed by atoms with Crippen LogP contribution in [0.3, 0.4) is 0 Å². The molecule has 0 saturated carbocycles. The summed E-state index contributed by atoms with van der Waals surface area (Å²) in [6, 6.07) is 0.777. The zero-order valence-corrected chi connectivity index (χ0v) is 13.5. The number of unbranched alkanes of at least 4 members (excludes halogenated alkanes) is 1. The predicted octanol–water partition coefficient (Wildman–Crippen LogP) is 4.86. The average Bonchev–Trinajstić information content (AvgIpc) is 2.92. The normalized spacial score (nSPS) is 23.2. The lowest BCUT2D eigenvalue weighted by Gasteiger charge is -2.28. The summed E-state index contributed by atoms with van der Waals surface area (Å²) in [7, 11) is 0. The van der Waals surface area contributed by atoms with Gasteiger partial charge < -0.3 is 5.32 Å². The first-order valence-corrected chi connectivity index (χ1v) is 9.21. The first kappa shape index (κ1) is 16.4. The highest BCUT2D eigenvalue weighted by atomic mass is 32.2. The Kier molecular flexibility index (Phi) is 9.22. The van der Waals surface area contributed by atoms with Crippen LogP contribution < -0.4 is 5.32 Å². The van der Waals surface area contributed by atoms with Gasteiger partial charge >= 0.3 is 0 Å². The average molecular weight is 272 g/mol. The third-order valence-corrected chi connectivity index (χ3v) is 5.72. The largest absolute Gasteiger partial charge is 0.313 e. The molecule has 1 saturated heterocycles. The predicted molar refractivity (Wildman–Crippen MR) is 85.5 cm³/mol. The molecule has 18 heavy (non-hydrogen) atoms. The number of hydrogen-bond acceptors (Lipinski definition) is 2. The molecule has 0 aromatic heterocycles. The lowest BCUT2D eigenvalue weighted by atomic mass is 9.90. The fourth-order valence-corrected chi connectivity index (χ4v) is 4.37. The lowest BCUT2D eigenvalue weighted by molar-refractivity contribution is 0.341. The van der Waals surface area contributed by atoms with Crippen molar-refractivity contribution in [2.75, 3.05) is 12.3 Å². The van der Waals surface area contributed by atoms with E-state index in [9.17, 15) is 0 Å². The second-order valence-electron chi connectivity index (χ2n) is 5.76.